The predicted octanol–water partition coefficient (Wildman–Crippen LogP) is 5.94. The molecule has 1 amide bonds. The fraction of sp³-hybridized carbons (Fsp3) is 0.333. The lowest BCUT2D eigenvalue weighted by Crippen LogP contribution is -2.54. The zero-order valence-electron chi connectivity index (χ0n) is 20.3. The van der Waals surface area contributed by atoms with Crippen LogP contribution < -0.4 is 4.90 Å². The van der Waals surface area contributed by atoms with Crippen LogP contribution in [-0.4, -0.2) is 57.2 Å². The summed E-state index contributed by atoms with van der Waals surface area (Å²) in [6, 6.07) is 18.5. The molecule has 0 spiro atoms. The Labute approximate surface area is 209 Å². The molecule has 7 nitrogen and oxygen atoms in total. The number of amides is 1. The van der Waals surface area contributed by atoms with E-state index in [0.717, 1.165) is 33.2 Å². The van der Waals surface area contributed by atoms with Gasteiger partial charge in [0.25, 0.3) is 0 Å². The summed E-state index contributed by atoms with van der Waals surface area (Å²) in [5.74, 6) is 0.730. The van der Waals surface area contributed by atoms with Gasteiger partial charge >= 0.3 is 6.09 Å². The molecular formula is C27H28ClN5O2. The van der Waals surface area contributed by atoms with Gasteiger partial charge in [0.1, 0.15) is 11.4 Å². The fourth-order valence-corrected chi connectivity index (χ4v) is 4.71. The number of carbonyl (C=O) groups is 1. The second-order valence-electron chi connectivity index (χ2n) is 9.88. The first-order chi connectivity index (χ1) is 16.7. The Morgan fingerprint density at radius 2 is 1.74 bits per heavy atom. The third-order valence-electron chi connectivity index (χ3n) is 6.13. The van der Waals surface area contributed by atoms with E-state index in [9.17, 15) is 4.79 Å². The van der Waals surface area contributed by atoms with Crippen molar-refractivity contribution in [2.45, 2.75) is 39.3 Å². The van der Waals surface area contributed by atoms with E-state index < -0.39 is 5.60 Å². The lowest BCUT2D eigenvalue weighted by molar-refractivity contribution is 0.0218. The predicted molar refractivity (Wildman–Crippen MR) is 140 cm³/mol. The monoisotopic (exact) mass is 489 g/mol. The van der Waals surface area contributed by atoms with Gasteiger partial charge in [-0.3, -0.25) is 0 Å². The molecule has 0 N–H and O–H groups in total. The van der Waals surface area contributed by atoms with Crippen LogP contribution in [0.3, 0.4) is 0 Å². The summed E-state index contributed by atoms with van der Waals surface area (Å²) < 4.78 is 5.55. The van der Waals surface area contributed by atoms with Gasteiger partial charge in [0.15, 0.2) is 5.65 Å². The normalized spacial score (nSPS) is 16.7. The Balaban J connectivity index is 1.48. The maximum Gasteiger partial charge on any atom is 0.410 e. The first-order valence-electron chi connectivity index (χ1n) is 11.8. The number of rotatable bonds is 2. The smallest absolute Gasteiger partial charge is 0.410 e. The summed E-state index contributed by atoms with van der Waals surface area (Å²) in [5.41, 5.74) is 1.90. The van der Waals surface area contributed by atoms with E-state index in [1.807, 2.05) is 51.1 Å². The molecule has 1 aliphatic rings. The topological polar surface area (TPSA) is 71.5 Å². The summed E-state index contributed by atoms with van der Waals surface area (Å²) in [4.78, 5) is 30.3. The Kier molecular flexibility index (Phi) is 5.97. The first kappa shape index (κ1) is 23.3. The molecule has 1 atom stereocenters. The molecule has 1 fully saturated rings. The van der Waals surface area contributed by atoms with Crippen molar-refractivity contribution in [3.05, 3.63) is 59.9 Å². The molecule has 35 heavy (non-hydrogen) atoms. The van der Waals surface area contributed by atoms with Crippen molar-refractivity contribution in [1.29, 1.82) is 0 Å². The van der Waals surface area contributed by atoms with Crippen LogP contribution in [0.1, 0.15) is 27.7 Å². The van der Waals surface area contributed by atoms with Gasteiger partial charge in [-0.15, -0.1) is 0 Å². The number of fused-ring (bicyclic) bond motifs is 2. The number of hydrogen-bond donors (Lipinski definition) is 0. The maximum atomic E-state index is 12.6. The highest BCUT2D eigenvalue weighted by Crippen LogP contribution is 2.32. The number of hydrogen-bond acceptors (Lipinski definition) is 6. The van der Waals surface area contributed by atoms with E-state index in [1.165, 1.54) is 0 Å². The Morgan fingerprint density at radius 3 is 2.51 bits per heavy atom. The van der Waals surface area contributed by atoms with E-state index in [-0.39, 0.29) is 17.4 Å². The highest BCUT2D eigenvalue weighted by Gasteiger charge is 2.31. The number of piperazine rings is 1. The zero-order chi connectivity index (χ0) is 24.7. The van der Waals surface area contributed by atoms with Crippen LogP contribution in [0.25, 0.3) is 33.1 Å². The minimum atomic E-state index is -0.526. The molecule has 0 saturated carbocycles. The van der Waals surface area contributed by atoms with Crippen molar-refractivity contribution in [2.24, 2.45) is 0 Å². The van der Waals surface area contributed by atoms with Crippen molar-refractivity contribution < 1.29 is 9.53 Å². The van der Waals surface area contributed by atoms with E-state index in [1.54, 1.807) is 4.90 Å². The maximum absolute atomic E-state index is 12.6. The van der Waals surface area contributed by atoms with Gasteiger partial charge in [0.05, 0.1) is 11.1 Å². The van der Waals surface area contributed by atoms with E-state index in [2.05, 4.69) is 46.1 Å². The number of anilines is 1. The van der Waals surface area contributed by atoms with Gasteiger partial charge in [0.2, 0.25) is 5.28 Å². The molecule has 0 unspecified atom stereocenters. The number of halogens is 1. The van der Waals surface area contributed by atoms with E-state index in [0.29, 0.717) is 25.3 Å². The Bertz CT molecular complexity index is 1410. The quantitative estimate of drug-likeness (QED) is 0.324. The van der Waals surface area contributed by atoms with Crippen LogP contribution in [0.4, 0.5) is 10.6 Å². The largest absolute Gasteiger partial charge is 0.444 e. The second-order valence-corrected chi connectivity index (χ2v) is 10.2. The first-order valence-corrected chi connectivity index (χ1v) is 12.1. The van der Waals surface area contributed by atoms with Crippen molar-refractivity contribution in [3.63, 3.8) is 0 Å². The third-order valence-corrected chi connectivity index (χ3v) is 6.30. The van der Waals surface area contributed by atoms with Crippen LogP contribution >= 0.6 is 11.6 Å². The van der Waals surface area contributed by atoms with Crippen molar-refractivity contribution in [3.8, 4) is 11.3 Å². The van der Waals surface area contributed by atoms with Crippen molar-refractivity contribution >= 4 is 45.3 Å². The minimum Gasteiger partial charge on any atom is -0.444 e. The van der Waals surface area contributed by atoms with E-state index in [4.69, 9.17) is 21.3 Å². The number of pyridine rings is 1. The molecule has 4 aromatic rings. The van der Waals surface area contributed by atoms with Crippen molar-refractivity contribution in [2.75, 3.05) is 24.5 Å². The summed E-state index contributed by atoms with van der Waals surface area (Å²) in [7, 11) is 0. The fourth-order valence-electron chi connectivity index (χ4n) is 4.55. The standard InChI is InChI=1S/C27H28ClN5O2/c1-17-16-32(26(34)35-27(2,3)4)14-15-33(17)24-21-12-13-22(29-23(21)30-25(28)31-24)20-11-7-9-18-8-5-6-10-19(18)20/h5-13,17H,14-16H2,1-4H3/t17-/m1/s1. The lowest BCUT2D eigenvalue weighted by atomic mass is 10.0. The highest BCUT2D eigenvalue weighted by molar-refractivity contribution is 6.28. The molecule has 1 saturated heterocycles. The molecule has 1 aliphatic heterocycles. The molecule has 3 heterocycles. The average Bonchev–Trinajstić information content (AvgIpc) is 2.81. The van der Waals surface area contributed by atoms with Crippen LogP contribution in [-0.2, 0) is 4.74 Å². The van der Waals surface area contributed by atoms with Crippen LogP contribution in [0.5, 0.6) is 0 Å². The third kappa shape index (κ3) is 4.73. The molecule has 5 rings (SSSR count). The minimum absolute atomic E-state index is 0.0168. The number of aromatic nitrogens is 3. The molecule has 8 heteroatoms. The summed E-state index contributed by atoms with van der Waals surface area (Å²) in [5, 5.41) is 3.27. The summed E-state index contributed by atoms with van der Waals surface area (Å²) in [6.45, 7) is 9.35. The number of ether oxygens (including phenoxy) is 1. The van der Waals surface area contributed by atoms with Crippen LogP contribution in [0.15, 0.2) is 54.6 Å². The van der Waals surface area contributed by atoms with Crippen LogP contribution in [0, 0.1) is 0 Å². The van der Waals surface area contributed by atoms with Gasteiger partial charge < -0.3 is 14.5 Å². The Hall–Kier alpha value is -3.45. The molecule has 2 aromatic heterocycles. The second kappa shape index (κ2) is 8.96. The molecular weight excluding hydrogens is 462 g/mol. The Morgan fingerprint density at radius 1 is 0.971 bits per heavy atom. The van der Waals surface area contributed by atoms with Gasteiger partial charge in [0, 0.05) is 31.2 Å². The number of carbonyl (C=O) groups excluding carboxylic acids is 1. The van der Waals surface area contributed by atoms with Gasteiger partial charge in [-0.05, 0) is 62.2 Å². The molecule has 2 aromatic carbocycles. The molecule has 0 aliphatic carbocycles. The number of benzene rings is 2. The lowest BCUT2D eigenvalue weighted by Gasteiger charge is -2.41. The van der Waals surface area contributed by atoms with Gasteiger partial charge in [-0.1, -0.05) is 42.5 Å². The number of nitrogens with zero attached hydrogens (tertiary/aromatic N) is 5. The average molecular weight is 490 g/mol. The molecule has 0 bridgehead atoms. The molecule has 0 radical (unpaired) electrons. The zero-order valence-corrected chi connectivity index (χ0v) is 21.1. The van der Waals surface area contributed by atoms with E-state index >= 15 is 0 Å². The van der Waals surface area contributed by atoms with Crippen molar-refractivity contribution in [1.82, 2.24) is 19.9 Å². The van der Waals surface area contributed by atoms with Gasteiger partial charge in [-0.25, -0.2) is 9.78 Å². The SMILES string of the molecule is C[C@@H]1CN(C(=O)OC(C)(C)C)CCN1c1nc(Cl)nc2nc(-c3cccc4ccccc34)ccc12. The molecule has 180 valence electrons. The summed E-state index contributed by atoms with van der Waals surface area (Å²) in [6.07, 6.45) is -0.295. The highest BCUT2D eigenvalue weighted by atomic mass is 35.5. The summed E-state index contributed by atoms with van der Waals surface area (Å²) >= 11 is 6.36. The van der Waals surface area contributed by atoms with Gasteiger partial charge in [-0.2, -0.15) is 9.97 Å². The van der Waals surface area contributed by atoms with Crippen LogP contribution in [0.2, 0.25) is 5.28 Å².